The molecule has 0 saturated heterocycles. The summed E-state index contributed by atoms with van der Waals surface area (Å²) in [5.41, 5.74) is 1.41. The van der Waals surface area contributed by atoms with Gasteiger partial charge in [-0.05, 0) is 18.1 Å². The zero-order valence-corrected chi connectivity index (χ0v) is 9.30. The summed E-state index contributed by atoms with van der Waals surface area (Å²) in [7, 11) is 0. The number of hydrogen-bond donors (Lipinski definition) is 3. The number of hydrogen-bond acceptors (Lipinski definition) is 3. The van der Waals surface area contributed by atoms with Crippen molar-refractivity contribution in [1.82, 2.24) is 0 Å². The summed E-state index contributed by atoms with van der Waals surface area (Å²) in [5, 5.41) is 20.8. The van der Waals surface area contributed by atoms with Crippen molar-refractivity contribution >= 4 is 17.6 Å². The van der Waals surface area contributed by atoms with Gasteiger partial charge in [-0.25, -0.2) is 0 Å². The standard InChI is InChI=1S/C12H13NO4/c1-6(12(16)17)9-4-7-2-3-8(14)5-10(7)13-11(9)15/h2-3,5-6,9,14H,4H2,1H3,(H,13,15)(H,16,17). The van der Waals surface area contributed by atoms with Crippen LogP contribution in [0.5, 0.6) is 5.75 Å². The predicted molar refractivity (Wildman–Crippen MR) is 60.7 cm³/mol. The van der Waals surface area contributed by atoms with Gasteiger partial charge in [0.05, 0.1) is 11.8 Å². The zero-order chi connectivity index (χ0) is 12.6. The number of carbonyl (C=O) groups is 2. The molecule has 2 rings (SSSR count). The largest absolute Gasteiger partial charge is 0.508 e. The van der Waals surface area contributed by atoms with Crippen molar-refractivity contribution in [2.24, 2.45) is 11.8 Å². The fraction of sp³-hybridized carbons (Fsp3) is 0.333. The van der Waals surface area contributed by atoms with Crippen LogP contribution >= 0.6 is 0 Å². The summed E-state index contributed by atoms with van der Waals surface area (Å²) in [4.78, 5) is 22.6. The number of fused-ring (bicyclic) bond motifs is 1. The molecule has 2 atom stereocenters. The van der Waals surface area contributed by atoms with E-state index < -0.39 is 17.8 Å². The Balaban J connectivity index is 2.30. The third-order valence-electron chi connectivity index (χ3n) is 3.12. The van der Waals surface area contributed by atoms with E-state index in [0.29, 0.717) is 12.1 Å². The quantitative estimate of drug-likeness (QED) is 0.719. The van der Waals surface area contributed by atoms with E-state index >= 15 is 0 Å². The van der Waals surface area contributed by atoms with Crippen molar-refractivity contribution in [3.05, 3.63) is 23.8 Å². The smallest absolute Gasteiger partial charge is 0.307 e. The third kappa shape index (κ3) is 2.08. The van der Waals surface area contributed by atoms with E-state index in [9.17, 15) is 14.7 Å². The number of aliphatic carboxylic acids is 1. The zero-order valence-electron chi connectivity index (χ0n) is 9.30. The van der Waals surface area contributed by atoms with Crippen LogP contribution in [0.2, 0.25) is 0 Å². The second-order valence-electron chi connectivity index (χ2n) is 4.27. The molecule has 1 aromatic carbocycles. The molecule has 1 aliphatic heterocycles. The summed E-state index contributed by atoms with van der Waals surface area (Å²) < 4.78 is 0. The van der Waals surface area contributed by atoms with Crippen molar-refractivity contribution in [2.45, 2.75) is 13.3 Å². The van der Waals surface area contributed by atoms with Crippen LogP contribution in [0.3, 0.4) is 0 Å². The van der Waals surface area contributed by atoms with Crippen LogP contribution in [-0.2, 0) is 16.0 Å². The van der Waals surface area contributed by atoms with Gasteiger partial charge in [0.2, 0.25) is 5.91 Å². The number of aromatic hydroxyl groups is 1. The molecule has 1 heterocycles. The fourth-order valence-electron chi connectivity index (χ4n) is 1.99. The molecule has 0 bridgehead atoms. The van der Waals surface area contributed by atoms with Crippen LogP contribution in [0, 0.1) is 11.8 Å². The van der Waals surface area contributed by atoms with Crippen LogP contribution in [-0.4, -0.2) is 22.1 Å². The number of nitrogens with one attached hydrogen (secondary N) is 1. The summed E-state index contributed by atoms with van der Waals surface area (Å²) in [6.45, 7) is 1.53. The maximum Gasteiger partial charge on any atom is 0.307 e. The van der Waals surface area contributed by atoms with Gasteiger partial charge in [0.1, 0.15) is 5.75 Å². The van der Waals surface area contributed by atoms with E-state index in [4.69, 9.17) is 5.11 Å². The summed E-state index contributed by atoms with van der Waals surface area (Å²) in [5.74, 6) is -2.50. The van der Waals surface area contributed by atoms with E-state index in [-0.39, 0.29) is 11.7 Å². The minimum atomic E-state index is -0.979. The lowest BCUT2D eigenvalue weighted by atomic mass is 9.84. The topological polar surface area (TPSA) is 86.6 Å². The molecule has 0 spiro atoms. The number of carboxylic acids is 1. The van der Waals surface area contributed by atoms with Crippen LogP contribution < -0.4 is 5.32 Å². The highest BCUT2D eigenvalue weighted by molar-refractivity contribution is 5.98. The van der Waals surface area contributed by atoms with Gasteiger partial charge >= 0.3 is 5.97 Å². The molecule has 0 saturated carbocycles. The van der Waals surface area contributed by atoms with E-state index in [0.717, 1.165) is 5.56 Å². The Labute approximate surface area is 98.1 Å². The number of carbonyl (C=O) groups excluding carboxylic acids is 1. The van der Waals surface area contributed by atoms with Gasteiger partial charge < -0.3 is 15.5 Å². The Kier molecular flexibility index (Phi) is 2.75. The number of carboxylic acid groups (broad SMARTS) is 1. The molecule has 17 heavy (non-hydrogen) atoms. The highest BCUT2D eigenvalue weighted by Gasteiger charge is 2.34. The molecule has 2 unspecified atom stereocenters. The van der Waals surface area contributed by atoms with Crippen molar-refractivity contribution < 1.29 is 19.8 Å². The highest BCUT2D eigenvalue weighted by Crippen LogP contribution is 2.31. The monoisotopic (exact) mass is 235 g/mol. The van der Waals surface area contributed by atoms with Crippen molar-refractivity contribution in [2.75, 3.05) is 5.32 Å². The maximum atomic E-state index is 11.8. The van der Waals surface area contributed by atoms with Crippen LogP contribution in [0.15, 0.2) is 18.2 Å². The maximum absolute atomic E-state index is 11.8. The van der Waals surface area contributed by atoms with E-state index in [1.807, 2.05) is 0 Å². The molecule has 0 radical (unpaired) electrons. The molecular formula is C12H13NO4. The first-order valence-corrected chi connectivity index (χ1v) is 5.34. The van der Waals surface area contributed by atoms with Crippen LogP contribution in [0.1, 0.15) is 12.5 Å². The molecule has 3 N–H and O–H groups in total. The number of amides is 1. The Hall–Kier alpha value is -2.04. The number of benzene rings is 1. The van der Waals surface area contributed by atoms with E-state index in [1.54, 1.807) is 6.07 Å². The van der Waals surface area contributed by atoms with Gasteiger partial charge in [-0.2, -0.15) is 0 Å². The Bertz CT molecular complexity index is 483. The molecule has 0 aliphatic carbocycles. The summed E-state index contributed by atoms with van der Waals surface area (Å²) in [6, 6.07) is 4.69. The first-order valence-electron chi connectivity index (χ1n) is 5.34. The molecule has 1 amide bonds. The lowest BCUT2D eigenvalue weighted by Crippen LogP contribution is -2.37. The minimum absolute atomic E-state index is 0.0776. The normalized spacial score (nSPS) is 20.3. The van der Waals surface area contributed by atoms with E-state index in [2.05, 4.69) is 5.32 Å². The van der Waals surface area contributed by atoms with Gasteiger partial charge in [0, 0.05) is 11.8 Å². The average molecular weight is 235 g/mol. The third-order valence-corrected chi connectivity index (χ3v) is 3.12. The molecule has 5 nitrogen and oxygen atoms in total. The van der Waals surface area contributed by atoms with Crippen molar-refractivity contribution in [3.8, 4) is 5.75 Å². The average Bonchev–Trinajstić information content (AvgIpc) is 2.27. The Morgan fingerprint density at radius 2 is 2.24 bits per heavy atom. The summed E-state index contributed by atoms with van der Waals surface area (Å²) >= 11 is 0. The lowest BCUT2D eigenvalue weighted by Gasteiger charge is -2.27. The Morgan fingerprint density at radius 1 is 1.53 bits per heavy atom. The molecular weight excluding hydrogens is 222 g/mol. The molecule has 0 fully saturated rings. The number of phenolic OH excluding ortho intramolecular Hbond substituents is 1. The SMILES string of the molecule is CC(C(=O)O)C1Cc2ccc(O)cc2NC1=O. The van der Waals surface area contributed by atoms with Gasteiger partial charge in [0.15, 0.2) is 0 Å². The van der Waals surface area contributed by atoms with Crippen molar-refractivity contribution in [1.29, 1.82) is 0 Å². The van der Waals surface area contributed by atoms with Gasteiger partial charge in [-0.1, -0.05) is 13.0 Å². The number of anilines is 1. The molecule has 0 aromatic heterocycles. The van der Waals surface area contributed by atoms with Gasteiger partial charge in [0.25, 0.3) is 0 Å². The van der Waals surface area contributed by atoms with Gasteiger partial charge in [-0.15, -0.1) is 0 Å². The Morgan fingerprint density at radius 3 is 2.88 bits per heavy atom. The molecule has 90 valence electrons. The predicted octanol–water partition coefficient (Wildman–Crippen LogP) is 1.22. The number of rotatable bonds is 2. The van der Waals surface area contributed by atoms with E-state index in [1.165, 1.54) is 19.1 Å². The first-order chi connectivity index (χ1) is 7.99. The lowest BCUT2D eigenvalue weighted by molar-refractivity contribution is -0.145. The van der Waals surface area contributed by atoms with Crippen LogP contribution in [0.25, 0.3) is 0 Å². The highest BCUT2D eigenvalue weighted by atomic mass is 16.4. The first kappa shape index (κ1) is 11.4. The van der Waals surface area contributed by atoms with Crippen LogP contribution in [0.4, 0.5) is 5.69 Å². The fourth-order valence-corrected chi connectivity index (χ4v) is 1.99. The second kappa shape index (κ2) is 4.08. The second-order valence-corrected chi connectivity index (χ2v) is 4.27. The van der Waals surface area contributed by atoms with Gasteiger partial charge in [-0.3, -0.25) is 9.59 Å². The molecule has 1 aliphatic rings. The molecule has 5 heteroatoms. The number of phenols is 1. The minimum Gasteiger partial charge on any atom is -0.508 e. The molecule has 1 aromatic rings. The summed E-state index contributed by atoms with van der Waals surface area (Å²) in [6.07, 6.45) is 0.384. The van der Waals surface area contributed by atoms with Crippen molar-refractivity contribution in [3.63, 3.8) is 0 Å².